The van der Waals surface area contributed by atoms with E-state index in [1.807, 2.05) is 0 Å². The minimum absolute atomic E-state index is 0.0162. The number of aliphatic hydroxyl groups excluding tert-OH is 1. The molecular weight excluding hydrogens is 280 g/mol. The number of esters is 2. The number of ether oxygens (including phenoxy) is 3. The molecule has 0 heterocycles. The smallest absolute Gasteiger partial charge is 0.460 e. The molecule has 0 rings (SSSR count). The third kappa shape index (κ3) is 13.8. The van der Waals surface area contributed by atoms with Crippen molar-refractivity contribution >= 4 is 18.1 Å². The van der Waals surface area contributed by atoms with Gasteiger partial charge in [-0.3, -0.25) is 0 Å². The van der Waals surface area contributed by atoms with Crippen molar-refractivity contribution in [2.45, 2.75) is 13.8 Å². The Labute approximate surface area is 123 Å². The van der Waals surface area contributed by atoms with Crippen molar-refractivity contribution in [3.05, 3.63) is 37.0 Å². The summed E-state index contributed by atoms with van der Waals surface area (Å²) in [5, 5.41) is 8.19. The zero-order valence-electron chi connectivity index (χ0n) is 12.2. The van der Waals surface area contributed by atoms with Crippen molar-refractivity contribution in [2.75, 3.05) is 19.8 Å². The Morgan fingerprint density at radius 3 is 1.95 bits per heavy atom. The average Bonchev–Trinajstić information content (AvgIpc) is 2.42. The van der Waals surface area contributed by atoms with Crippen LogP contribution in [0, 0.1) is 0 Å². The molecule has 0 atom stereocenters. The summed E-state index contributed by atoms with van der Waals surface area (Å²) in [5.41, 5.74) is 0.494. The molecule has 0 bridgehead atoms. The third-order valence-electron chi connectivity index (χ3n) is 1.52. The third-order valence-corrected chi connectivity index (χ3v) is 1.52. The first-order valence-corrected chi connectivity index (χ1v) is 5.85. The summed E-state index contributed by atoms with van der Waals surface area (Å²) in [6.07, 6.45) is 0.329. The van der Waals surface area contributed by atoms with E-state index in [1.54, 1.807) is 6.92 Å². The Hall–Kier alpha value is -2.41. The lowest BCUT2D eigenvalue weighted by molar-refractivity contribution is -0.140. The lowest BCUT2D eigenvalue weighted by Crippen LogP contribution is -2.14. The molecule has 0 aromatic rings. The summed E-state index contributed by atoms with van der Waals surface area (Å²) in [7, 11) is 0. The van der Waals surface area contributed by atoms with Crippen LogP contribution in [0.3, 0.4) is 0 Å². The minimum Gasteiger partial charge on any atom is -0.460 e. The Morgan fingerprint density at radius 2 is 1.57 bits per heavy atom. The largest absolute Gasteiger partial charge is 0.516 e. The quantitative estimate of drug-likeness (QED) is 0.343. The van der Waals surface area contributed by atoms with Crippen molar-refractivity contribution < 1.29 is 33.7 Å². The molecule has 0 saturated carbocycles. The van der Waals surface area contributed by atoms with Gasteiger partial charge in [0.1, 0.15) is 13.2 Å². The second-order valence-electron chi connectivity index (χ2n) is 3.66. The molecule has 0 fully saturated rings. The summed E-state index contributed by atoms with van der Waals surface area (Å²) in [6.45, 7) is 12.9. The summed E-state index contributed by atoms with van der Waals surface area (Å²) in [6, 6.07) is 0. The molecule has 1 N–H and O–H groups in total. The molecule has 118 valence electrons. The first kappa shape index (κ1) is 20.9. The normalized spacial score (nSPS) is 8.52. The molecule has 0 spiro atoms. The maximum absolute atomic E-state index is 10.7. The Kier molecular flexibility index (Phi) is 12.6. The predicted octanol–water partition coefficient (Wildman–Crippen LogP) is 1.53. The van der Waals surface area contributed by atoms with Crippen molar-refractivity contribution in [3.63, 3.8) is 0 Å². The highest BCUT2D eigenvalue weighted by Crippen LogP contribution is 1.94. The Bertz CT molecular complexity index is 410. The Balaban J connectivity index is 0. The molecule has 0 saturated heterocycles. The van der Waals surface area contributed by atoms with E-state index < -0.39 is 18.1 Å². The predicted molar refractivity (Wildman–Crippen MR) is 75.3 cm³/mol. The summed E-state index contributed by atoms with van der Waals surface area (Å²) < 4.78 is 13.0. The fourth-order valence-electron chi connectivity index (χ4n) is 0.581. The van der Waals surface area contributed by atoms with Crippen LogP contribution in [0.25, 0.3) is 0 Å². The number of carbonyl (C=O) groups is 3. The number of carbonyl (C=O) groups excluding carboxylic acids is 3. The lowest BCUT2D eigenvalue weighted by Gasteiger charge is -2.00. The first-order chi connectivity index (χ1) is 9.76. The molecular formula is C14H20O7. The van der Waals surface area contributed by atoms with E-state index in [-0.39, 0.29) is 25.4 Å². The van der Waals surface area contributed by atoms with E-state index in [0.29, 0.717) is 5.57 Å². The van der Waals surface area contributed by atoms with Gasteiger partial charge in [-0.25, -0.2) is 14.4 Å². The van der Waals surface area contributed by atoms with E-state index in [4.69, 9.17) is 5.11 Å². The molecule has 7 nitrogen and oxygen atoms in total. The van der Waals surface area contributed by atoms with Crippen LogP contribution in [0.2, 0.25) is 0 Å². The van der Waals surface area contributed by atoms with Crippen molar-refractivity contribution in [2.24, 2.45) is 0 Å². The van der Waals surface area contributed by atoms with Crippen LogP contribution in [-0.4, -0.2) is 43.0 Å². The van der Waals surface area contributed by atoms with Gasteiger partial charge in [-0.15, -0.1) is 0 Å². The molecule has 21 heavy (non-hydrogen) atoms. The first-order valence-electron chi connectivity index (χ1n) is 5.85. The van der Waals surface area contributed by atoms with Gasteiger partial charge in [0.05, 0.1) is 6.61 Å². The van der Waals surface area contributed by atoms with Gasteiger partial charge in [-0.1, -0.05) is 25.8 Å². The second kappa shape index (κ2) is 12.6. The average molecular weight is 300 g/mol. The Morgan fingerprint density at radius 1 is 1.05 bits per heavy atom. The standard InChI is InChI=1S/C8H10O4.C6H10O3/c1-4-5-11-8(10)12-7(9)6(2)3;1-5(2)6(8)9-4-3-7/h4H,1-2,5H2,3H3;7H,1,3-4H2,2H3. The van der Waals surface area contributed by atoms with Gasteiger partial charge < -0.3 is 19.3 Å². The molecule has 0 amide bonds. The van der Waals surface area contributed by atoms with Gasteiger partial charge in [0.25, 0.3) is 0 Å². The van der Waals surface area contributed by atoms with Crippen molar-refractivity contribution in [1.82, 2.24) is 0 Å². The molecule has 0 radical (unpaired) electrons. The van der Waals surface area contributed by atoms with E-state index >= 15 is 0 Å². The molecule has 0 aliphatic heterocycles. The van der Waals surface area contributed by atoms with Gasteiger partial charge in [0.2, 0.25) is 0 Å². The van der Waals surface area contributed by atoms with Crippen LogP contribution < -0.4 is 0 Å². The maximum Gasteiger partial charge on any atom is 0.516 e. The minimum atomic E-state index is -1.04. The zero-order valence-corrected chi connectivity index (χ0v) is 12.2. The van der Waals surface area contributed by atoms with Crippen LogP contribution in [0.5, 0.6) is 0 Å². The highest BCUT2D eigenvalue weighted by Gasteiger charge is 2.10. The lowest BCUT2D eigenvalue weighted by atomic mass is 10.4. The molecule has 7 heteroatoms. The number of aliphatic hydroxyl groups is 1. The fourth-order valence-corrected chi connectivity index (χ4v) is 0.581. The molecule has 0 unspecified atom stereocenters. The van der Waals surface area contributed by atoms with Crippen LogP contribution in [0.15, 0.2) is 37.0 Å². The molecule has 0 aromatic heterocycles. The topological polar surface area (TPSA) is 99.1 Å². The highest BCUT2D eigenvalue weighted by atomic mass is 16.7. The van der Waals surface area contributed by atoms with Gasteiger partial charge >= 0.3 is 18.1 Å². The maximum atomic E-state index is 10.7. The van der Waals surface area contributed by atoms with Crippen LogP contribution in [0.1, 0.15) is 13.8 Å². The number of rotatable bonds is 6. The molecule has 0 aliphatic rings. The van der Waals surface area contributed by atoms with Gasteiger partial charge in [0, 0.05) is 11.1 Å². The van der Waals surface area contributed by atoms with Crippen LogP contribution in [0.4, 0.5) is 4.79 Å². The van der Waals surface area contributed by atoms with E-state index in [9.17, 15) is 14.4 Å². The highest BCUT2D eigenvalue weighted by molar-refractivity contribution is 5.93. The van der Waals surface area contributed by atoms with Crippen molar-refractivity contribution in [1.29, 1.82) is 0 Å². The van der Waals surface area contributed by atoms with Gasteiger partial charge in [-0.05, 0) is 13.8 Å². The van der Waals surface area contributed by atoms with Crippen LogP contribution in [-0.2, 0) is 23.8 Å². The number of hydrogen-bond donors (Lipinski definition) is 1. The summed E-state index contributed by atoms with van der Waals surface area (Å²) in [4.78, 5) is 31.7. The monoisotopic (exact) mass is 300 g/mol. The SMILES string of the molecule is C=C(C)C(=O)OCCO.C=CCOC(=O)OC(=O)C(=C)C. The van der Waals surface area contributed by atoms with E-state index in [0.717, 1.165) is 0 Å². The zero-order chi connectivity index (χ0) is 16.8. The van der Waals surface area contributed by atoms with Crippen molar-refractivity contribution in [3.8, 4) is 0 Å². The van der Waals surface area contributed by atoms with E-state index in [1.165, 1.54) is 13.0 Å². The van der Waals surface area contributed by atoms with Gasteiger partial charge in [-0.2, -0.15) is 0 Å². The molecule has 0 aliphatic carbocycles. The summed E-state index contributed by atoms with van der Waals surface area (Å²) >= 11 is 0. The van der Waals surface area contributed by atoms with Crippen LogP contribution >= 0.6 is 0 Å². The molecule has 0 aromatic carbocycles. The van der Waals surface area contributed by atoms with Gasteiger partial charge in [0.15, 0.2) is 0 Å². The number of hydrogen-bond acceptors (Lipinski definition) is 7. The van der Waals surface area contributed by atoms with E-state index in [2.05, 4.69) is 33.9 Å². The summed E-state index contributed by atoms with van der Waals surface area (Å²) in [5.74, 6) is -1.24. The fraction of sp³-hybridized carbons (Fsp3) is 0.357. The second-order valence-corrected chi connectivity index (χ2v) is 3.66.